The quantitative estimate of drug-likeness (QED) is 0.0578. The first-order valence-electron chi connectivity index (χ1n) is 19.1. The molecule has 2 nitrogen and oxygen atoms in total. The van der Waals surface area contributed by atoms with Crippen molar-refractivity contribution >= 4 is 0 Å². The van der Waals surface area contributed by atoms with Crippen LogP contribution in [-0.4, -0.2) is 11.8 Å². The topological polar surface area (TPSA) is 36.9 Å². The van der Waals surface area contributed by atoms with Gasteiger partial charge in [0.15, 0.2) is 6.23 Å². The van der Waals surface area contributed by atoms with Gasteiger partial charge in [0.25, 0.3) is 0 Å². The van der Waals surface area contributed by atoms with Crippen LogP contribution in [0.2, 0.25) is 0 Å². The van der Waals surface area contributed by atoms with E-state index in [0.29, 0.717) is 0 Å². The van der Waals surface area contributed by atoms with Crippen molar-refractivity contribution in [3.63, 3.8) is 0 Å². The lowest BCUT2D eigenvalue weighted by Gasteiger charge is -2.32. The Balaban J connectivity index is 0. The molecule has 0 bridgehead atoms. The Morgan fingerprint density at radius 1 is 0.415 bits per heavy atom. The fraction of sp³-hybridized carbons (Fsp3) is 1.00. The summed E-state index contributed by atoms with van der Waals surface area (Å²) in [6, 6.07) is 0. The van der Waals surface area contributed by atoms with Gasteiger partial charge in [-0.3, -0.25) is 0 Å². The maximum Gasteiger partial charge on any atom is 0.189 e. The van der Waals surface area contributed by atoms with Crippen LogP contribution < -0.4 is 18.1 Å². The Kier molecular flexibility index (Phi) is 36.7. The Labute approximate surface area is 267 Å². The van der Waals surface area contributed by atoms with E-state index in [1.54, 1.807) is 0 Å². The second-order valence-electron chi connectivity index (χ2n) is 13.7. The van der Waals surface area contributed by atoms with Crippen molar-refractivity contribution in [3.8, 4) is 0 Å². The summed E-state index contributed by atoms with van der Waals surface area (Å²) < 4.78 is 6.59. The molecule has 41 heavy (non-hydrogen) atoms. The monoisotopic (exact) mass is 602 g/mol. The third kappa shape index (κ3) is 33.0. The molecule has 3 N–H and O–H groups in total. The standard InChI is InChI=1S/C38H79NO.ClH/c1-5-8-10-12-14-16-18-20-22-24-26-28-30-32-35-38(4,40-37(39)34-7-3)36-33-31-29-27-25-23-21-19-17-15-13-11-9-6-2;/h37H,5-36,39H2,1-4H3;1H. The van der Waals surface area contributed by atoms with Crippen molar-refractivity contribution in [2.75, 3.05) is 0 Å². The second-order valence-corrected chi connectivity index (χ2v) is 13.7. The highest BCUT2D eigenvalue weighted by Gasteiger charge is 2.28. The molecule has 1 unspecified atom stereocenters. The van der Waals surface area contributed by atoms with Gasteiger partial charge >= 0.3 is 0 Å². The Hall–Kier alpha value is 0.210. The summed E-state index contributed by atoms with van der Waals surface area (Å²) in [6.07, 6.45) is 44.9. The first-order chi connectivity index (χ1) is 19.6. The summed E-state index contributed by atoms with van der Waals surface area (Å²) in [5, 5.41) is 0. The van der Waals surface area contributed by atoms with Crippen molar-refractivity contribution in [3.05, 3.63) is 0 Å². The SMILES string of the molecule is CCCCCCCCCCCCCCCCC(C)(CCCCCCCCCCCCCCCC)OC([NH3+])CCC.[Cl-]. The van der Waals surface area contributed by atoms with E-state index in [0.717, 1.165) is 6.42 Å². The predicted octanol–water partition coefficient (Wildman–Crippen LogP) is 9.88. The van der Waals surface area contributed by atoms with Gasteiger partial charge in [0.1, 0.15) is 0 Å². The van der Waals surface area contributed by atoms with Crippen molar-refractivity contribution in [1.82, 2.24) is 0 Å². The lowest BCUT2D eigenvalue weighted by molar-refractivity contribution is -0.506. The minimum absolute atomic E-state index is 0. The van der Waals surface area contributed by atoms with E-state index < -0.39 is 0 Å². The Morgan fingerprint density at radius 2 is 0.659 bits per heavy atom. The molecule has 1 atom stereocenters. The summed E-state index contributed by atoms with van der Waals surface area (Å²) in [6.45, 7) is 9.25. The van der Waals surface area contributed by atoms with E-state index in [-0.39, 0.29) is 24.2 Å². The number of hydrogen-bond acceptors (Lipinski definition) is 1. The molecular weight excluding hydrogens is 522 g/mol. The molecule has 0 aromatic rings. The molecule has 0 heterocycles. The van der Waals surface area contributed by atoms with E-state index in [4.69, 9.17) is 4.74 Å². The maximum absolute atomic E-state index is 6.59. The van der Waals surface area contributed by atoms with Crippen LogP contribution in [0.15, 0.2) is 0 Å². The molecule has 0 aliphatic carbocycles. The van der Waals surface area contributed by atoms with Crippen LogP contribution in [0.1, 0.15) is 233 Å². The number of hydrogen-bond donors (Lipinski definition) is 1. The molecule has 3 heteroatoms. The molecule has 0 saturated heterocycles. The molecule has 0 radical (unpaired) electrons. The molecular formula is C38H80ClNO. The van der Waals surface area contributed by atoms with E-state index in [1.807, 2.05) is 0 Å². The van der Waals surface area contributed by atoms with E-state index >= 15 is 0 Å². The van der Waals surface area contributed by atoms with Crippen molar-refractivity contribution in [2.24, 2.45) is 0 Å². The number of ether oxygens (including phenoxy) is 1. The third-order valence-electron chi connectivity index (χ3n) is 9.18. The summed E-state index contributed by atoms with van der Waals surface area (Å²) in [5.74, 6) is 0. The maximum atomic E-state index is 6.59. The average molecular weight is 603 g/mol. The normalized spacial score (nSPS) is 12.5. The second kappa shape index (κ2) is 34.7. The number of rotatable bonds is 34. The van der Waals surface area contributed by atoms with Crippen molar-refractivity contribution < 1.29 is 22.9 Å². The van der Waals surface area contributed by atoms with Gasteiger partial charge in [-0.05, 0) is 26.2 Å². The lowest BCUT2D eigenvalue weighted by Crippen LogP contribution is -3.00. The number of unbranched alkanes of at least 4 members (excludes halogenated alkanes) is 26. The van der Waals surface area contributed by atoms with Crippen LogP contribution in [0.4, 0.5) is 0 Å². The molecule has 0 aromatic heterocycles. The first kappa shape index (κ1) is 43.3. The molecule has 0 spiro atoms. The number of quaternary nitrogens is 1. The number of halogens is 1. The Bertz CT molecular complexity index is 439. The van der Waals surface area contributed by atoms with Crippen molar-refractivity contribution in [1.29, 1.82) is 0 Å². The zero-order valence-electron chi connectivity index (χ0n) is 29.2. The van der Waals surface area contributed by atoms with Crippen LogP contribution in [0.5, 0.6) is 0 Å². The van der Waals surface area contributed by atoms with Gasteiger partial charge in [-0.15, -0.1) is 0 Å². The van der Waals surface area contributed by atoms with Crippen LogP contribution in [0.25, 0.3) is 0 Å². The van der Waals surface area contributed by atoms with E-state index in [9.17, 15) is 0 Å². The van der Waals surface area contributed by atoms with E-state index in [1.165, 1.54) is 199 Å². The van der Waals surface area contributed by atoms with E-state index in [2.05, 4.69) is 33.4 Å². The zero-order valence-corrected chi connectivity index (χ0v) is 30.0. The fourth-order valence-corrected chi connectivity index (χ4v) is 6.41. The minimum atomic E-state index is 0. The molecule has 0 amide bonds. The highest BCUT2D eigenvalue weighted by atomic mass is 35.5. The van der Waals surface area contributed by atoms with Gasteiger partial charge in [0.2, 0.25) is 0 Å². The van der Waals surface area contributed by atoms with Crippen LogP contribution >= 0.6 is 0 Å². The largest absolute Gasteiger partial charge is 1.00 e. The third-order valence-corrected chi connectivity index (χ3v) is 9.18. The predicted molar refractivity (Wildman–Crippen MR) is 181 cm³/mol. The molecule has 0 saturated carbocycles. The summed E-state index contributed by atoms with van der Waals surface area (Å²) in [7, 11) is 0. The molecule has 0 rings (SSSR count). The molecule has 250 valence electrons. The average Bonchev–Trinajstić information content (AvgIpc) is 2.93. The zero-order chi connectivity index (χ0) is 29.4. The van der Waals surface area contributed by atoms with Crippen LogP contribution in [0.3, 0.4) is 0 Å². The van der Waals surface area contributed by atoms with Gasteiger partial charge in [0.05, 0.1) is 5.60 Å². The summed E-state index contributed by atoms with van der Waals surface area (Å²) >= 11 is 0. The van der Waals surface area contributed by atoms with Crippen LogP contribution in [0, 0.1) is 0 Å². The Morgan fingerprint density at radius 3 is 0.902 bits per heavy atom. The molecule has 0 aliphatic heterocycles. The first-order valence-corrected chi connectivity index (χ1v) is 19.1. The van der Waals surface area contributed by atoms with Gasteiger partial charge in [-0.25, -0.2) is 0 Å². The molecule has 0 fully saturated rings. The molecule has 0 aliphatic rings. The van der Waals surface area contributed by atoms with Gasteiger partial charge < -0.3 is 22.9 Å². The van der Waals surface area contributed by atoms with Gasteiger partial charge in [0, 0.05) is 6.42 Å². The smallest absolute Gasteiger partial charge is 0.189 e. The highest BCUT2D eigenvalue weighted by molar-refractivity contribution is 4.76. The highest BCUT2D eigenvalue weighted by Crippen LogP contribution is 2.28. The summed E-state index contributed by atoms with van der Waals surface area (Å²) in [5.41, 5.74) is 4.36. The van der Waals surface area contributed by atoms with Crippen molar-refractivity contribution in [2.45, 2.75) is 245 Å². The molecule has 0 aromatic carbocycles. The van der Waals surface area contributed by atoms with Crippen LogP contribution in [-0.2, 0) is 4.74 Å². The van der Waals surface area contributed by atoms with Gasteiger partial charge in [-0.2, -0.15) is 0 Å². The minimum Gasteiger partial charge on any atom is -1.00 e. The summed E-state index contributed by atoms with van der Waals surface area (Å²) in [4.78, 5) is 0. The lowest BCUT2D eigenvalue weighted by atomic mass is 9.90. The fourth-order valence-electron chi connectivity index (χ4n) is 6.41. The van der Waals surface area contributed by atoms with Gasteiger partial charge in [-0.1, -0.05) is 201 Å².